The second-order valence-corrected chi connectivity index (χ2v) is 4.44. The van der Waals surface area contributed by atoms with Gasteiger partial charge < -0.3 is 15.2 Å². The molecule has 0 aliphatic rings. The molecule has 0 amide bonds. The van der Waals surface area contributed by atoms with Crippen LogP contribution < -0.4 is 10.1 Å². The summed E-state index contributed by atoms with van der Waals surface area (Å²) in [6.07, 6.45) is 0. The number of nitrogens with zero attached hydrogens (tertiary/aromatic N) is 1. The van der Waals surface area contributed by atoms with Crippen molar-refractivity contribution >= 4 is 17.5 Å². The number of hydrogen-bond donors (Lipinski definition) is 2. The Morgan fingerprint density at radius 2 is 2.00 bits per heavy atom. The summed E-state index contributed by atoms with van der Waals surface area (Å²) in [5, 5.41) is 12.1. The van der Waals surface area contributed by atoms with E-state index in [-0.39, 0.29) is 5.56 Å². The van der Waals surface area contributed by atoms with Gasteiger partial charge in [0.05, 0.1) is 18.4 Å². The molecule has 0 aliphatic heterocycles. The Balaban J connectivity index is 2.26. The number of ether oxygens (including phenoxy) is 1. The number of carboxylic acid groups (broad SMARTS) is 1. The molecule has 2 rings (SSSR count). The van der Waals surface area contributed by atoms with Gasteiger partial charge in [-0.25, -0.2) is 9.78 Å². The summed E-state index contributed by atoms with van der Waals surface area (Å²) >= 11 is 0. The van der Waals surface area contributed by atoms with Crippen LogP contribution in [0.25, 0.3) is 0 Å². The smallest absolute Gasteiger partial charge is 0.337 e. The Bertz CT molecular complexity index is 654. The third-order valence-corrected chi connectivity index (χ3v) is 3.01. The average Bonchev–Trinajstić information content (AvgIpc) is 2.40. The Hall–Kier alpha value is -2.56. The van der Waals surface area contributed by atoms with Crippen molar-refractivity contribution in [2.75, 3.05) is 12.4 Å². The number of nitrogens with one attached hydrogen (secondary N) is 1. The summed E-state index contributed by atoms with van der Waals surface area (Å²) < 4.78 is 5.15. The first kappa shape index (κ1) is 13.9. The lowest BCUT2D eigenvalue weighted by Crippen LogP contribution is -2.04. The van der Waals surface area contributed by atoms with E-state index in [0.29, 0.717) is 11.5 Å². The normalized spacial score (nSPS) is 10.2. The summed E-state index contributed by atoms with van der Waals surface area (Å²) in [5.74, 6) is 0.432. The number of benzene rings is 1. The van der Waals surface area contributed by atoms with Crippen molar-refractivity contribution in [3.8, 4) is 5.75 Å². The topological polar surface area (TPSA) is 71.5 Å². The molecule has 0 saturated heterocycles. The van der Waals surface area contributed by atoms with Crippen molar-refractivity contribution in [1.29, 1.82) is 0 Å². The third kappa shape index (κ3) is 2.88. The first-order valence-electron chi connectivity index (χ1n) is 6.14. The lowest BCUT2D eigenvalue weighted by Gasteiger charge is -2.11. The van der Waals surface area contributed by atoms with Crippen molar-refractivity contribution in [2.24, 2.45) is 0 Å². The minimum Gasteiger partial charge on any atom is -0.497 e. The Morgan fingerprint density at radius 1 is 1.25 bits per heavy atom. The zero-order valence-corrected chi connectivity index (χ0v) is 11.6. The van der Waals surface area contributed by atoms with Gasteiger partial charge in [0.2, 0.25) is 0 Å². The fourth-order valence-corrected chi connectivity index (χ4v) is 1.90. The summed E-state index contributed by atoms with van der Waals surface area (Å²) in [6, 6.07) is 8.87. The number of hydrogen-bond acceptors (Lipinski definition) is 4. The monoisotopic (exact) mass is 272 g/mol. The zero-order chi connectivity index (χ0) is 14.7. The van der Waals surface area contributed by atoms with Gasteiger partial charge in [0.1, 0.15) is 11.6 Å². The molecule has 0 saturated carbocycles. The fraction of sp³-hybridized carbons (Fsp3) is 0.200. The van der Waals surface area contributed by atoms with Gasteiger partial charge in [-0.05, 0) is 49.7 Å². The Morgan fingerprint density at radius 3 is 2.55 bits per heavy atom. The van der Waals surface area contributed by atoms with E-state index >= 15 is 0 Å². The molecule has 0 radical (unpaired) electrons. The van der Waals surface area contributed by atoms with E-state index in [2.05, 4.69) is 10.3 Å². The first-order chi connectivity index (χ1) is 9.51. The quantitative estimate of drug-likeness (QED) is 0.894. The second kappa shape index (κ2) is 5.61. The first-order valence-corrected chi connectivity index (χ1v) is 6.14. The van der Waals surface area contributed by atoms with E-state index in [0.717, 1.165) is 17.0 Å². The maximum absolute atomic E-state index is 10.9. The van der Waals surface area contributed by atoms with E-state index in [9.17, 15) is 4.79 Å². The number of pyridine rings is 1. The molecule has 1 aromatic carbocycles. The number of aromatic carboxylic acids is 1. The molecule has 2 N–H and O–H groups in total. The molecule has 1 heterocycles. The number of anilines is 2. The van der Waals surface area contributed by atoms with Crippen LogP contribution in [0.2, 0.25) is 0 Å². The molecule has 104 valence electrons. The average molecular weight is 272 g/mol. The number of aromatic nitrogens is 1. The molecular formula is C15H16N2O3. The van der Waals surface area contributed by atoms with E-state index in [1.165, 1.54) is 0 Å². The van der Waals surface area contributed by atoms with Crippen molar-refractivity contribution in [2.45, 2.75) is 13.8 Å². The van der Waals surface area contributed by atoms with Gasteiger partial charge >= 0.3 is 5.97 Å². The van der Waals surface area contributed by atoms with Crippen LogP contribution in [-0.2, 0) is 0 Å². The number of methoxy groups -OCH3 is 1. The Labute approximate surface area is 117 Å². The molecule has 0 bridgehead atoms. The molecule has 0 fully saturated rings. The van der Waals surface area contributed by atoms with Gasteiger partial charge in [-0.15, -0.1) is 0 Å². The molecule has 5 nitrogen and oxygen atoms in total. The number of carboxylic acids is 1. The highest BCUT2D eigenvalue weighted by molar-refractivity contribution is 5.89. The largest absolute Gasteiger partial charge is 0.497 e. The summed E-state index contributed by atoms with van der Waals surface area (Å²) in [5.41, 5.74) is 2.61. The van der Waals surface area contributed by atoms with Crippen molar-refractivity contribution in [3.63, 3.8) is 0 Å². The molecule has 0 spiro atoms. The summed E-state index contributed by atoms with van der Waals surface area (Å²) in [4.78, 5) is 15.2. The van der Waals surface area contributed by atoms with Crippen LogP contribution in [0.1, 0.15) is 21.6 Å². The lowest BCUT2D eigenvalue weighted by atomic mass is 10.2. The van der Waals surface area contributed by atoms with Gasteiger partial charge in [0.25, 0.3) is 0 Å². The molecule has 5 heteroatoms. The van der Waals surface area contributed by atoms with Crippen LogP contribution in [0.3, 0.4) is 0 Å². The van der Waals surface area contributed by atoms with Gasteiger partial charge in [0.15, 0.2) is 0 Å². The van der Waals surface area contributed by atoms with Crippen molar-refractivity contribution in [3.05, 3.63) is 47.2 Å². The van der Waals surface area contributed by atoms with Crippen molar-refractivity contribution < 1.29 is 14.6 Å². The number of rotatable bonds is 4. The van der Waals surface area contributed by atoms with E-state index in [1.807, 2.05) is 25.1 Å². The van der Waals surface area contributed by atoms with Crippen LogP contribution in [0.15, 0.2) is 30.3 Å². The number of aryl methyl sites for hydroxylation is 2. The third-order valence-electron chi connectivity index (χ3n) is 3.01. The molecule has 1 aromatic heterocycles. The van der Waals surface area contributed by atoms with Gasteiger partial charge in [-0.2, -0.15) is 0 Å². The summed E-state index contributed by atoms with van der Waals surface area (Å²) in [7, 11) is 1.62. The molecule has 0 aliphatic carbocycles. The SMILES string of the molecule is COc1ccc(Nc2ccc(C(=O)O)c(C)n2)c(C)c1. The maximum atomic E-state index is 10.9. The molecule has 0 atom stereocenters. The van der Waals surface area contributed by atoms with Crippen LogP contribution in [0, 0.1) is 13.8 Å². The lowest BCUT2D eigenvalue weighted by molar-refractivity contribution is 0.0695. The standard InChI is InChI=1S/C15H16N2O3/c1-9-8-11(20-3)4-6-13(9)17-14-7-5-12(15(18)19)10(2)16-14/h4-8H,1-3H3,(H,16,17)(H,18,19). The summed E-state index contributed by atoms with van der Waals surface area (Å²) in [6.45, 7) is 3.64. The maximum Gasteiger partial charge on any atom is 0.337 e. The molecule has 20 heavy (non-hydrogen) atoms. The van der Waals surface area contributed by atoms with E-state index in [1.54, 1.807) is 26.2 Å². The predicted molar refractivity (Wildman–Crippen MR) is 76.9 cm³/mol. The van der Waals surface area contributed by atoms with Crippen molar-refractivity contribution in [1.82, 2.24) is 4.98 Å². The van der Waals surface area contributed by atoms with Crippen LogP contribution in [0.4, 0.5) is 11.5 Å². The minimum absolute atomic E-state index is 0.210. The van der Waals surface area contributed by atoms with E-state index in [4.69, 9.17) is 9.84 Å². The van der Waals surface area contributed by atoms with Gasteiger partial charge in [-0.1, -0.05) is 0 Å². The highest BCUT2D eigenvalue weighted by atomic mass is 16.5. The van der Waals surface area contributed by atoms with Gasteiger partial charge in [-0.3, -0.25) is 0 Å². The Kier molecular flexibility index (Phi) is 3.89. The predicted octanol–water partition coefficient (Wildman–Crippen LogP) is 3.15. The zero-order valence-electron chi connectivity index (χ0n) is 11.6. The molecule has 2 aromatic rings. The highest BCUT2D eigenvalue weighted by Crippen LogP contribution is 2.24. The van der Waals surface area contributed by atoms with Crippen LogP contribution >= 0.6 is 0 Å². The molecule has 0 unspecified atom stereocenters. The van der Waals surface area contributed by atoms with Crippen LogP contribution in [0.5, 0.6) is 5.75 Å². The number of carbonyl (C=O) groups is 1. The highest BCUT2D eigenvalue weighted by Gasteiger charge is 2.09. The molecular weight excluding hydrogens is 256 g/mol. The second-order valence-electron chi connectivity index (χ2n) is 4.44. The minimum atomic E-state index is -0.970. The van der Waals surface area contributed by atoms with E-state index < -0.39 is 5.97 Å². The van der Waals surface area contributed by atoms with Gasteiger partial charge in [0, 0.05) is 5.69 Å². The van der Waals surface area contributed by atoms with Crippen LogP contribution in [-0.4, -0.2) is 23.2 Å². The fourth-order valence-electron chi connectivity index (χ4n) is 1.90.